The van der Waals surface area contributed by atoms with Crippen molar-refractivity contribution in [1.29, 1.82) is 0 Å². The number of hydrogen-bond donors (Lipinski definition) is 0. The third-order valence-electron chi connectivity index (χ3n) is 1.86. The predicted molar refractivity (Wildman–Crippen MR) is 103 cm³/mol. The van der Waals surface area contributed by atoms with Gasteiger partial charge in [0.05, 0.1) is 47.9 Å². The maximum atomic E-state index is 13.3. The molecule has 7 nitrogen and oxygen atoms in total. The van der Waals surface area contributed by atoms with Crippen LogP contribution < -0.4 is 0 Å². The maximum absolute atomic E-state index is 13.3. The summed E-state index contributed by atoms with van der Waals surface area (Å²) in [5, 5.41) is 0. The lowest BCUT2D eigenvalue weighted by molar-refractivity contribution is 0.0331. The molecule has 0 amide bonds. The van der Waals surface area contributed by atoms with Crippen LogP contribution in [-0.2, 0) is 32.3 Å². The third kappa shape index (κ3) is 17.4. The van der Waals surface area contributed by atoms with Gasteiger partial charge in [0.2, 0.25) is 0 Å². The van der Waals surface area contributed by atoms with Crippen LogP contribution in [0.2, 0.25) is 0 Å². The SMILES string of the molecule is [2H]C([2H])([2H])C([2H])([2H])C([2H])([2H])C([2H])([2H])OCCOP(=O)(OCCOC([2H])([2H])C([2H])([2H])C([2H])([2H])C([2H])([2H])[2H])OCCOC([2H])([2H])C([2H])([2H])C([2H])([2H])C([2H])([2H])[2H]. The monoisotopic (exact) mass is 425 g/mol. The summed E-state index contributed by atoms with van der Waals surface area (Å²) in [7, 11) is -5.15. The standard InChI is InChI=1S/C18H39O7P/c1-4-7-10-20-13-16-23-26(19,24-17-14-21-11-8-5-2)25-18-15-22-12-9-6-3/h4-18H2,1-3H3/i1D3,2D3,3D3,4D2,5D2,6D2,7D2,8D2,9D2,10D2,11D2,12D2. The van der Waals surface area contributed by atoms with Crippen LogP contribution in [0.1, 0.15) is 95.8 Å². The number of rotatable bonds is 21. The number of phosphoric acid groups is 1. The summed E-state index contributed by atoms with van der Waals surface area (Å²) >= 11 is 0. The fourth-order valence-corrected chi connectivity index (χ4v) is 2.14. The highest BCUT2D eigenvalue weighted by atomic mass is 31.2. The van der Waals surface area contributed by atoms with E-state index in [1.165, 1.54) is 0 Å². The van der Waals surface area contributed by atoms with E-state index in [1.54, 1.807) is 0 Å². The predicted octanol–water partition coefficient (Wildman–Crippen LogP) is 4.59. The van der Waals surface area contributed by atoms with E-state index in [0.717, 1.165) is 0 Å². The van der Waals surface area contributed by atoms with E-state index >= 15 is 0 Å². The van der Waals surface area contributed by atoms with Gasteiger partial charge in [-0.25, -0.2) is 4.57 Å². The van der Waals surface area contributed by atoms with Gasteiger partial charge in [-0.3, -0.25) is 13.6 Å². The van der Waals surface area contributed by atoms with Gasteiger partial charge in [-0.15, -0.1) is 0 Å². The van der Waals surface area contributed by atoms with Crippen molar-refractivity contribution in [3.8, 4) is 0 Å². The Morgan fingerprint density at radius 3 is 1.31 bits per heavy atom. The topological polar surface area (TPSA) is 72.5 Å². The van der Waals surface area contributed by atoms with Crippen molar-refractivity contribution in [2.24, 2.45) is 0 Å². The molecule has 0 aliphatic rings. The van der Waals surface area contributed by atoms with Gasteiger partial charge in [-0.1, -0.05) is 39.7 Å². The molecule has 0 N–H and O–H groups in total. The van der Waals surface area contributed by atoms with E-state index in [4.69, 9.17) is 50.6 Å². The fourth-order valence-electron chi connectivity index (χ4n) is 1.02. The van der Waals surface area contributed by atoms with Gasteiger partial charge < -0.3 is 14.2 Å². The second-order valence-electron chi connectivity index (χ2n) is 3.55. The zero-order valence-corrected chi connectivity index (χ0v) is 14.4. The minimum atomic E-state index is -5.15. The van der Waals surface area contributed by atoms with Crippen molar-refractivity contribution in [2.45, 2.75) is 58.8 Å². The Hall–Kier alpha value is -0.0100. The van der Waals surface area contributed by atoms with Crippen LogP contribution in [-0.4, -0.2) is 59.3 Å². The van der Waals surface area contributed by atoms with Gasteiger partial charge in [0.1, 0.15) is 0 Å². The zero-order chi connectivity index (χ0) is 43.0. The molecule has 158 valence electrons. The van der Waals surface area contributed by atoms with Crippen LogP contribution in [0.4, 0.5) is 0 Å². The Labute approximate surface area is 197 Å². The largest absolute Gasteiger partial charge is 0.475 e. The van der Waals surface area contributed by atoms with E-state index in [2.05, 4.69) is 14.2 Å². The average molecular weight is 426 g/mol. The minimum Gasteiger partial charge on any atom is -0.379 e. The maximum Gasteiger partial charge on any atom is 0.475 e. The quantitative estimate of drug-likeness (QED) is 0.197. The Kier molecular flexibility index (Phi) is 4.56. The highest BCUT2D eigenvalue weighted by molar-refractivity contribution is 7.48. The summed E-state index contributed by atoms with van der Waals surface area (Å²) in [6.07, 6.45) is -23.0. The average Bonchev–Trinajstić information content (AvgIpc) is 2.93. The Bertz CT molecular complexity index is 1090. The number of ether oxygens (including phenoxy) is 3. The molecular weight excluding hydrogens is 359 g/mol. The first-order valence-corrected chi connectivity index (χ1v) is 8.29. The van der Waals surface area contributed by atoms with Crippen molar-refractivity contribution < 1.29 is 69.4 Å². The van der Waals surface area contributed by atoms with Gasteiger partial charge >= 0.3 is 7.82 Å². The smallest absolute Gasteiger partial charge is 0.379 e. The Morgan fingerprint density at radius 2 is 1.00 bits per heavy atom. The molecule has 0 aromatic rings. The van der Waals surface area contributed by atoms with Crippen molar-refractivity contribution in [3.05, 3.63) is 0 Å². The molecule has 0 atom stereocenters. The summed E-state index contributed by atoms with van der Waals surface area (Å²) in [5.41, 5.74) is 0. The molecule has 0 radical (unpaired) electrons. The Morgan fingerprint density at radius 1 is 0.654 bits per heavy atom. The summed E-state index contributed by atoms with van der Waals surface area (Å²) in [6, 6.07) is 0. The van der Waals surface area contributed by atoms with Crippen LogP contribution in [0.3, 0.4) is 0 Å². The lowest BCUT2D eigenvalue weighted by Gasteiger charge is -2.18. The molecule has 0 aliphatic carbocycles. The number of phosphoric ester groups is 1. The summed E-state index contributed by atoms with van der Waals surface area (Å²) in [6.45, 7) is -28.9. The lowest BCUT2D eigenvalue weighted by atomic mass is 10.4. The molecule has 0 bridgehead atoms. The molecule has 0 fully saturated rings. The van der Waals surface area contributed by atoms with Crippen molar-refractivity contribution in [1.82, 2.24) is 0 Å². The number of hydrogen-bond acceptors (Lipinski definition) is 7. The first kappa shape index (κ1) is 6.00. The molecule has 0 heterocycles. The normalized spacial score (nSPS) is 33.8. The van der Waals surface area contributed by atoms with E-state index in [9.17, 15) is 4.57 Å². The van der Waals surface area contributed by atoms with Crippen LogP contribution in [0, 0.1) is 0 Å². The minimum absolute atomic E-state index is 1.12. The van der Waals surface area contributed by atoms with Gasteiger partial charge in [0, 0.05) is 48.5 Å². The van der Waals surface area contributed by atoms with E-state index in [0.29, 0.717) is 0 Å². The summed E-state index contributed by atoms with van der Waals surface area (Å²) < 4.78 is 245. The van der Waals surface area contributed by atoms with Gasteiger partial charge in [0.25, 0.3) is 0 Å². The molecular formula is C18H39O7P. The zero-order valence-electron chi connectivity index (χ0n) is 40.5. The first-order chi connectivity index (χ1) is 22.9. The fraction of sp³-hybridized carbons (Fsp3) is 1.00. The van der Waals surface area contributed by atoms with Crippen molar-refractivity contribution >= 4 is 7.82 Å². The van der Waals surface area contributed by atoms with E-state index in [1.807, 2.05) is 0 Å². The molecule has 26 heavy (non-hydrogen) atoms. The Balaban J connectivity index is 5.99. The molecule has 0 rings (SSSR count). The highest BCUT2D eigenvalue weighted by Crippen LogP contribution is 2.49. The molecule has 0 saturated carbocycles. The summed E-state index contributed by atoms with van der Waals surface area (Å²) in [4.78, 5) is 0. The third-order valence-corrected chi connectivity index (χ3v) is 3.36. The molecule has 0 aromatic carbocycles. The summed E-state index contributed by atoms with van der Waals surface area (Å²) in [5.74, 6) is 0. The van der Waals surface area contributed by atoms with E-state index < -0.39 is 126 Å². The van der Waals surface area contributed by atoms with Crippen LogP contribution in [0.25, 0.3) is 0 Å². The van der Waals surface area contributed by atoms with Gasteiger partial charge in [-0.05, 0) is 19.1 Å². The second kappa shape index (κ2) is 19.7. The van der Waals surface area contributed by atoms with Crippen LogP contribution in [0.15, 0.2) is 0 Å². The van der Waals surface area contributed by atoms with E-state index in [-0.39, 0.29) is 0 Å². The van der Waals surface area contributed by atoms with Crippen LogP contribution >= 0.6 is 7.82 Å². The molecule has 8 heteroatoms. The second-order valence-corrected chi connectivity index (χ2v) is 5.22. The first-order valence-electron chi connectivity index (χ1n) is 20.3. The molecule has 0 saturated heterocycles. The van der Waals surface area contributed by atoms with Crippen molar-refractivity contribution in [2.75, 3.05) is 59.3 Å². The van der Waals surface area contributed by atoms with Crippen molar-refractivity contribution in [3.63, 3.8) is 0 Å². The van der Waals surface area contributed by atoms with Gasteiger partial charge in [-0.2, -0.15) is 0 Å². The molecule has 0 unspecified atom stereocenters. The lowest BCUT2D eigenvalue weighted by Crippen LogP contribution is -2.12. The molecule has 0 aromatic heterocycles. The molecule has 0 spiro atoms. The highest BCUT2D eigenvalue weighted by Gasteiger charge is 2.26. The molecule has 0 aliphatic heterocycles. The van der Waals surface area contributed by atoms with Gasteiger partial charge in [0.15, 0.2) is 0 Å². The van der Waals surface area contributed by atoms with Crippen LogP contribution in [0.5, 0.6) is 0 Å².